The molecule has 2 unspecified atom stereocenters. The summed E-state index contributed by atoms with van der Waals surface area (Å²) in [5.41, 5.74) is 0.816. The van der Waals surface area contributed by atoms with Crippen molar-refractivity contribution in [3.05, 3.63) is 29.8 Å². The Balaban J connectivity index is 2.55. The van der Waals surface area contributed by atoms with Gasteiger partial charge in [-0.3, -0.25) is 0 Å². The highest BCUT2D eigenvalue weighted by atomic mass is 32.2. The zero-order chi connectivity index (χ0) is 9.47. The topological polar surface area (TPSA) is 46.5 Å². The van der Waals surface area contributed by atoms with Crippen LogP contribution in [-0.2, 0) is 15.8 Å². The second-order valence-electron chi connectivity index (χ2n) is 3.26. The Morgan fingerprint density at radius 1 is 1.54 bits per heavy atom. The summed E-state index contributed by atoms with van der Waals surface area (Å²) in [6.07, 6.45) is 0. The molecular weight excluding hydrogens is 188 g/mol. The normalized spacial score (nSPS) is 27.8. The molecule has 0 saturated carbocycles. The van der Waals surface area contributed by atoms with E-state index >= 15 is 0 Å². The van der Waals surface area contributed by atoms with Gasteiger partial charge in [0, 0.05) is 5.56 Å². The summed E-state index contributed by atoms with van der Waals surface area (Å²) in [6.45, 7) is 2.00. The second kappa shape index (κ2) is 2.82. The van der Waals surface area contributed by atoms with Gasteiger partial charge in [0.25, 0.3) is 0 Å². The maximum Gasteiger partial charge on any atom is 0.167 e. The lowest BCUT2D eigenvalue weighted by Gasteiger charge is -2.16. The molecule has 0 aromatic heterocycles. The van der Waals surface area contributed by atoms with Crippen LogP contribution in [0.25, 0.3) is 0 Å². The number of rotatable bonds is 1. The first-order valence-electron chi connectivity index (χ1n) is 3.98. The number of hydrogen-bond acceptors (Lipinski definition) is 2. The van der Waals surface area contributed by atoms with Crippen LogP contribution >= 0.6 is 0 Å². The predicted octanol–water partition coefficient (Wildman–Crippen LogP) is 1.52. The summed E-state index contributed by atoms with van der Waals surface area (Å²) >= 11 is -1.89. The molecule has 0 aliphatic carbocycles. The van der Waals surface area contributed by atoms with E-state index < -0.39 is 15.8 Å². The molecule has 4 heteroatoms. The van der Waals surface area contributed by atoms with Gasteiger partial charge in [-0.25, -0.2) is 4.21 Å². The molecule has 1 aliphatic rings. The lowest BCUT2D eigenvalue weighted by Crippen LogP contribution is -2.28. The summed E-state index contributed by atoms with van der Waals surface area (Å²) in [4.78, 5) is 0. The van der Waals surface area contributed by atoms with Crippen LogP contribution in [0.3, 0.4) is 0 Å². The van der Waals surface area contributed by atoms with E-state index in [0.29, 0.717) is 5.75 Å². The van der Waals surface area contributed by atoms with Gasteiger partial charge in [-0.1, -0.05) is 18.2 Å². The Morgan fingerprint density at radius 2 is 2.23 bits per heavy atom. The van der Waals surface area contributed by atoms with Crippen LogP contribution in [0.15, 0.2) is 24.3 Å². The van der Waals surface area contributed by atoms with E-state index in [0.717, 1.165) is 5.56 Å². The highest BCUT2D eigenvalue weighted by molar-refractivity contribution is 7.80. The van der Waals surface area contributed by atoms with Gasteiger partial charge in [0.15, 0.2) is 11.1 Å². The minimum atomic E-state index is -1.89. The Hall–Kier alpha value is -0.870. The van der Waals surface area contributed by atoms with Crippen LogP contribution in [0.5, 0.6) is 5.75 Å². The Bertz CT molecular complexity index is 364. The monoisotopic (exact) mass is 198 g/mol. The van der Waals surface area contributed by atoms with E-state index in [1.54, 1.807) is 6.92 Å². The van der Waals surface area contributed by atoms with Crippen molar-refractivity contribution in [1.82, 2.24) is 0 Å². The third-order valence-electron chi connectivity index (χ3n) is 2.35. The van der Waals surface area contributed by atoms with Crippen LogP contribution in [0.4, 0.5) is 0 Å². The fourth-order valence-corrected chi connectivity index (χ4v) is 1.98. The van der Waals surface area contributed by atoms with Crippen LogP contribution < -0.4 is 4.74 Å². The van der Waals surface area contributed by atoms with Crippen molar-refractivity contribution >= 4 is 11.1 Å². The summed E-state index contributed by atoms with van der Waals surface area (Å²) < 4.78 is 24.8. The highest BCUT2D eigenvalue weighted by Gasteiger charge is 2.41. The fraction of sp³-hybridized carbons (Fsp3) is 0.333. The highest BCUT2D eigenvalue weighted by Crippen LogP contribution is 2.39. The fourth-order valence-electron chi connectivity index (χ4n) is 1.47. The van der Waals surface area contributed by atoms with Crippen LogP contribution in [0.2, 0.25) is 0 Å². The molecule has 1 aromatic rings. The molecule has 13 heavy (non-hydrogen) atoms. The SMILES string of the molecule is CC1(S(=O)O)COc2ccccc21. The maximum atomic E-state index is 11.1. The number of hydrogen-bond donors (Lipinski definition) is 1. The number of para-hydroxylation sites is 1. The van der Waals surface area contributed by atoms with Gasteiger partial charge in [-0.2, -0.15) is 0 Å². The Labute approximate surface area is 79.0 Å². The minimum Gasteiger partial charge on any atom is -0.491 e. The Kier molecular flexibility index (Phi) is 1.89. The van der Waals surface area contributed by atoms with E-state index in [2.05, 4.69) is 0 Å². The van der Waals surface area contributed by atoms with Crippen molar-refractivity contribution in [3.8, 4) is 5.75 Å². The zero-order valence-electron chi connectivity index (χ0n) is 7.19. The van der Waals surface area contributed by atoms with Crippen molar-refractivity contribution < 1.29 is 13.5 Å². The van der Waals surface area contributed by atoms with E-state index in [-0.39, 0.29) is 6.61 Å². The number of ether oxygens (including phenoxy) is 1. The van der Waals surface area contributed by atoms with Crippen LogP contribution in [-0.4, -0.2) is 15.4 Å². The predicted molar refractivity (Wildman–Crippen MR) is 50.1 cm³/mol. The maximum absolute atomic E-state index is 11.1. The molecular formula is C9H10O3S. The first-order valence-corrected chi connectivity index (χ1v) is 5.08. The number of benzene rings is 1. The first-order chi connectivity index (χ1) is 6.14. The molecule has 0 spiro atoms. The van der Waals surface area contributed by atoms with Crippen molar-refractivity contribution in [2.45, 2.75) is 11.7 Å². The summed E-state index contributed by atoms with van der Waals surface area (Å²) in [7, 11) is 0. The zero-order valence-corrected chi connectivity index (χ0v) is 8.00. The van der Waals surface area contributed by atoms with E-state index in [4.69, 9.17) is 9.29 Å². The third-order valence-corrected chi connectivity index (χ3v) is 3.45. The van der Waals surface area contributed by atoms with Crippen LogP contribution in [0.1, 0.15) is 12.5 Å². The van der Waals surface area contributed by atoms with Crippen molar-refractivity contribution in [2.75, 3.05) is 6.61 Å². The molecule has 2 atom stereocenters. The smallest absolute Gasteiger partial charge is 0.167 e. The molecule has 1 aliphatic heterocycles. The van der Waals surface area contributed by atoms with Crippen LogP contribution in [0, 0.1) is 0 Å². The van der Waals surface area contributed by atoms with Gasteiger partial charge < -0.3 is 9.29 Å². The largest absolute Gasteiger partial charge is 0.491 e. The second-order valence-corrected chi connectivity index (χ2v) is 4.66. The van der Waals surface area contributed by atoms with E-state index in [1.165, 1.54) is 0 Å². The van der Waals surface area contributed by atoms with Crippen molar-refractivity contribution in [1.29, 1.82) is 0 Å². The number of fused-ring (bicyclic) bond motifs is 1. The summed E-state index contributed by atoms with van der Waals surface area (Å²) in [6, 6.07) is 7.34. The quantitative estimate of drug-likeness (QED) is 0.696. The Morgan fingerprint density at radius 3 is 2.92 bits per heavy atom. The van der Waals surface area contributed by atoms with Gasteiger partial charge in [0.1, 0.15) is 17.1 Å². The summed E-state index contributed by atoms with van der Waals surface area (Å²) in [5, 5.41) is 0. The molecule has 0 amide bonds. The molecule has 0 saturated heterocycles. The van der Waals surface area contributed by atoms with E-state index in [1.807, 2.05) is 24.3 Å². The standard InChI is InChI=1S/C9H10O3S/c1-9(13(10)11)6-12-8-5-3-2-4-7(8)9/h2-5H,6H2,1H3,(H,10,11). The van der Waals surface area contributed by atoms with Gasteiger partial charge in [0.2, 0.25) is 0 Å². The lowest BCUT2D eigenvalue weighted by molar-refractivity contribution is 0.316. The molecule has 0 bridgehead atoms. The molecule has 1 N–H and O–H groups in total. The molecule has 1 heterocycles. The minimum absolute atomic E-state index is 0.273. The summed E-state index contributed by atoms with van der Waals surface area (Å²) in [5.74, 6) is 0.715. The third kappa shape index (κ3) is 1.17. The molecule has 70 valence electrons. The lowest BCUT2D eigenvalue weighted by atomic mass is 10.0. The van der Waals surface area contributed by atoms with E-state index in [9.17, 15) is 4.21 Å². The van der Waals surface area contributed by atoms with Gasteiger partial charge in [-0.05, 0) is 13.0 Å². The first kappa shape index (κ1) is 8.72. The van der Waals surface area contributed by atoms with Crippen molar-refractivity contribution in [3.63, 3.8) is 0 Å². The average molecular weight is 198 g/mol. The molecule has 3 nitrogen and oxygen atoms in total. The molecule has 0 fully saturated rings. The van der Waals surface area contributed by atoms with Crippen molar-refractivity contribution in [2.24, 2.45) is 0 Å². The average Bonchev–Trinajstić information content (AvgIpc) is 2.47. The van der Waals surface area contributed by atoms with Gasteiger partial charge >= 0.3 is 0 Å². The molecule has 1 aromatic carbocycles. The molecule has 0 radical (unpaired) electrons. The molecule has 2 rings (SSSR count). The van der Waals surface area contributed by atoms with Gasteiger partial charge in [0.05, 0.1) is 0 Å². The van der Waals surface area contributed by atoms with Gasteiger partial charge in [-0.15, -0.1) is 0 Å².